The van der Waals surface area contributed by atoms with Crippen LogP contribution in [0.3, 0.4) is 0 Å². The third-order valence-electron chi connectivity index (χ3n) is 8.23. The largest absolute Gasteiger partial charge is 0.376 e. The Morgan fingerprint density at radius 3 is 2.69 bits per heavy atom. The summed E-state index contributed by atoms with van der Waals surface area (Å²) in [6.07, 6.45) is 3.08. The van der Waals surface area contributed by atoms with Crippen molar-refractivity contribution in [1.29, 1.82) is 0 Å². The van der Waals surface area contributed by atoms with Gasteiger partial charge in [-0.05, 0) is 89.9 Å². The fourth-order valence-corrected chi connectivity index (χ4v) is 5.99. The number of nitrogens with zero attached hydrogens (tertiary/aromatic N) is 6. The number of nitrogens with one attached hydrogen (secondary N) is 1. The molecule has 2 aliphatic heterocycles. The molecule has 0 saturated carbocycles. The lowest BCUT2D eigenvalue weighted by Crippen LogP contribution is -2.49. The molecule has 0 unspecified atom stereocenters. The van der Waals surface area contributed by atoms with Crippen LogP contribution in [0.15, 0.2) is 47.3 Å². The maximum Gasteiger partial charge on any atom is 0.253 e. The van der Waals surface area contributed by atoms with Crippen molar-refractivity contribution in [1.82, 2.24) is 30.1 Å². The fourth-order valence-electron chi connectivity index (χ4n) is 5.99. The normalized spacial score (nSPS) is 19.2. The van der Waals surface area contributed by atoms with Gasteiger partial charge in [-0.1, -0.05) is 25.1 Å². The van der Waals surface area contributed by atoms with Crippen molar-refractivity contribution in [2.45, 2.75) is 58.7 Å². The number of aromatic amines is 1. The van der Waals surface area contributed by atoms with Gasteiger partial charge in [0.15, 0.2) is 5.82 Å². The highest BCUT2D eigenvalue weighted by Crippen LogP contribution is 2.30. The van der Waals surface area contributed by atoms with Crippen LogP contribution in [0.2, 0.25) is 0 Å². The fraction of sp³-hybridized carbons (Fsp3) is 0.467. The molecule has 4 aromatic rings. The van der Waals surface area contributed by atoms with E-state index in [1.807, 2.05) is 16.8 Å². The second-order valence-electron chi connectivity index (χ2n) is 10.9. The predicted octanol–water partition coefficient (Wildman–Crippen LogP) is 3.78. The monoisotopic (exact) mass is 527 g/mol. The van der Waals surface area contributed by atoms with E-state index in [9.17, 15) is 4.79 Å². The van der Waals surface area contributed by atoms with Crippen LogP contribution in [0.5, 0.6) is 0 Å². The SMILES string of the molecule is CCc1ccc2[nH]c(=O)c([C@H](c3nnnn3C[C@@H]3CCCO3)N3CCN(c4cc(C)ccc4C)CC3)cc2c1. The van der Waals surface area contributed by atoms with E-state index >= 15 is 0 Å². The van der Waals surface area contributed by atoms with E-state index in [4.69, 9.17) is 4.74 Å². The molecule has 4 heterocycles. The molecule has 0 spiro atoms. The van der Waals surface area contributed by atoms with Crippen molar-refractivity contribution in [3.8, 4) is 0 Å². The topological polar surface area (TPSA) is 92.2 Å². The zero-order valence-electron chi connectivity index (χ0n) is 23.1. The first kappa shape index (κ1) is 25.7. The second-order valence-corrected chi connectivity index (χ2v) is 10.9. The highest BCUT2D eigenvalue weighted by molar-refractivity contribution is 5.80. The van der Waals surface area contributed by atoms with E-state index in [0.29, 0.717) is 17.9 Å². The van der Waals surface area contributed by atoms with Crippen molar-refractivity contribution >= 4 is 16.6 Å². The van der Waals surface area contributed by atoms with Crippen LogP contribution < -0.4 is 10.5 Å². The third-order valence-corrected chi connectivity index (χ3v) is 8.23. The lowest BCUT2D eigenvalue weighted by Gasteiger charge is -2.40. The average molecular weight is 528 g/mol. The molecule has 1 N–H and O–H groups in total. The number of tetrazole rings is 1. The number of aromatic nitrogens is 5. The Morgan fingerprint density at radius 1 is 1.08 bits per heavy atom. The van der Waals surface area contributed by atoms with Gasteiger partial charge in [0.05, 0.1) is 12.6 Å². The third kappa shape index (κ3) is 5.21. The molecule has 0 aliphatic carbocycles. The molecule has 0 radical (unpaired) electrons. The number of fused-ring (bicyclic) bond motifs is 1. The minimum Gasteiger partial charge on any atom is -0.376 e. The van der Waals surface area contributed by atoms with Gasteiger partial charge in [0.1, 0.15) is 6.04 Å². The summed E-state index contributed by atoms with van der Waals surface area (Å²) >= 11 is 0. The van der Waals surface area contributed by atoms with Gasteiger partial charge in [0.25, 0.3) is 5.56 Å². The maximum atomic E-state index is 13.6. The summed E-state index contributed by atoms with van der Waals surface area (Å²) in [5.41, 5.74) is 6.49. The average Bonchev–Trinajstić information content (AvgIpc) is 3.63. The van der Waals surface area contributed by atoms with Crippen LogP contribution in [-0.4, -0.2) is 69.0 Å². The van der Waals surface area contributed by atoms with Crippen molar-refractivity contribution in [2.24, 2.45) is 0 Å². The molecule has 2 aromatic heterocycles. The van der Waals surface area contributed by atoms with Crippen LogP contribution in [0.1, 0.15) is 53.9 Å². The minimum absolute atomic E-state index is 0.0936. The first-order chi connectivity index (χ1) is 19.0. The van der Waals surface area contributed by atoms with Crippen LogP contribution in [-0.2, 0) is 17.7 Å². The van der Waals surface area contributed by atoms with E-state index in [2.05, 4.69) is 81.4 Å². The zero-order valence-corrected chi connectivity index (χ0v) is 23.1. The number of pyridine rings is 1. The molecular weight excluding hydrogens is 490 g/mol. The number of rotatable bonds is 7. The predicted molar refractivity (Wildman–Crippen MR) is 152 cm³/mol. The van der Waals surface area contributed by atoms with E-state index in [1.54, 1.807) is 0 Å². The molecule has 9 nitrogen and oxygen atoms in total. The number of piperazine rings is 1. The standard InChI is InChI=1S/C30H37N7O2/c1-4-22-9-10-26-23(17-22)18-25(30(38)31-26)28(29-32-33-34-37(29)19-24-6-5-15-39-24)36-13-11-35(12-14-36)27-16-20(2)7-8-21(27)3/h7-10,16-18,24,28H,4-6,11-15,19H2,1-3H3,(H,31,38)/t24-,28+/m0/s1. The van der Waals surface area contributed by atoms with Crippen molar-refractivity contribution < 1.29 is 4.74 Å². The number of hydrogen-bond donors (Lipinski definition) is 1. The molecule has 2 aliphatic rings. The number of hydrogen-bond acceptors (Lipinski definition) is 7. The number of aryl methyl sites for hydroxylation is 3. The molecule has 2 atom stereocenters. The summed E-state index contributed by atoms with van der Waals surface area (Å²) in [5.74, 6) is 0.696. The Labute approximate surface area is 228 Å². The first-order valence-corrected chi connectivity index (χ1v) is 14.1. The zero-order chi connectivity index (χ0) is 26.9. The van der Waals surface area contributed by atoms with Gasteiger partial charge in [0.2, 0.25) is 0 Å². The highest BCUT2D eigenvalue weighted by atomic mass is 16.5. The Kier molecular flexibility index (Phi) is 7.18. The second kappa shape index (κ2) is 10.9. The van der Waals surface area contributed by atoms with E-state index in [0.717, 1.165) is 63.0 Å². The Balaban J connectivity index is 1.37. The van der Waals surface area contributed by atoms with Crippen LogP contribution in [0.25, 0.3) is 10.9 Å². The van der Waals surface area contributed by atoms with Crippen molar-refractivity contribution in [3.05, 3.63) is 80.9 Å². The van der Waals surface area contributed by atoms with Gasteiger partial charge in [-0.2, -0.15) is 0 Å². The number of ether oxygens (including phenoxy) is 1. The lowest BCUT2D eigenvalue weighted by molar-refractivity contribution is 0.0906. The molecule has 2 aromatic carbocycles. The van der Waals surface area contributed by atoms with Crippen molar-refractivity contribution in [3.63, 3.8) is 0 Å². The summed E-state index contributed by atoms with van der Waals surface area (Å²) in [4.78, 5) is 21.5. The van der Waals surface area contributed by atoms with Crippen LogP contribution in [0.4, 0.5) is 5.69 Å². The van der Waals surface area contributed by atoms with Crippen LogP contribution >= 0.6 is 0 Å². The molecule has 39 heavy (non-hydrogen) atoms. The molecule has 2 fully saturated rings. The van der Waals surface area contributed by atoms with Gasteiger partial charge in [-0.3, -0.25) is 9.69 Å². The lowest BCUT2D eigenvalue weighted by atomic mass is 10.0. The maximum absolute atomic E-state index is 13.6. The summed E-state index contributed by atoms with van der Waals surface area (Å²) < 4.78 is 7.75. The molecule has 0 amide bonds. The van der Waals surface area contributed by atoms with E-state index < -0.39 is 0 Å². The first-order valence-electron chi connectivity index (χ1n) is 14.1. The van der Waals surface area contributed by atoms with Gasteiger partial charge in [0, 0.05) is 49.6 Å². The molecule has 204 valence electrons. The van der Waals surface area contributed by atoms with Gasteiger partial charge >= 0.3 is 0 Å². The minimum atomic E-state index is -0.361. The highest BCUT2D eigenvalue weighted by Gasteiger charge is 2.33. The van der Waals surface area contributed by atoms with Crippen molar-refractivity contribution in [2.75, 3.05) is 37.7 Å². The molecular formula is C30H37N7O2. The Morgan fingerprint density at radius 2 is 1.92 bits per heavy atom. The van der Waals surface area contributed by atoms with Gasteiger partial charge in [-0.15, -0.1) is 5.10 Å². The van der Waals surface area contributed by atoms with E-state index in [1.165, 1.54) is 22.4 Å². The van der Waals surface area contributed by atoms with Gasteiger partial charge < -0.3 is 14.6 Å². The van der Waals surface area contributed by atoms with Gasteiger partial charge in [-0.25, -0.2) is 4.68 Å². The molecule has 6 rings (SSSR count). The smallest absolute Gasteiger partial charge is 0.253 e. The summed E-state index contributed by atoms with van der Waals surface area (Å²) in [6.45, 7) is 11.1. The van der Waals surface area contributed by atoms with Crippen LogP contribution in [0, 0.1) is 13.8 Å². The Hall–Kier alpha value is -3.56. The quantitative estimate of drug-likeness (QED) is 0.391. The molecule has 0 bridgehead atoms. The molecule has 9 heteroatoms. The number of H-pyrrole nitrogens is 1. The summed E-state index contributed by atoms with van der Waals surface area (Å²) in [7, 11) is 0. The molecule has 2 saturated heterocycles. The number of anilines is 1. The number of benzene rings is 2. The Bertz CT molecular complexity index is 1510. The van der Waals surface area contributed by atoms with E-state index in [-0.39, 0.29) is 17.7 Å². The summed E-state index contributed by atoms with van der Waals surface area (Å²) in [5, 5.41) is 14.0. The summed E-state index contributed by atoms with van der Waals surface area (Å²) in [6, 6.07) is 14.5.